The third-order valence-corrected chi connectivity index (χ3v) is 9.21. The SMILES string of the molecule is CC(C)(O)c1nc(-c2cccc3c2N(S(=O)(=O)c2ccc(C4(C)CC4)cc2)Cc2ccc(C(F)(F)F)nc2N3)no1. The Morgan fingerprint density at radius 2 is 1.73 bits per heavy atom. The summed E-state index contributed by atoms with van der Waals surface area (Å²) in [5.74, 6) is -0.226. The Balaban J connectivity index is 1.53. The number of rotatable bonds is 5. The van der Waals surface area contributed by atoms with Crippen LogP contribution in [0.1, 0.15) is 56.3 Å². The maximum atomic E-state index is 14.3. The number of sulfonamides is 1. The number of halogens is 3. The molecule has 13 heteroatoms. The van der Waals surface area contributed by atoms with Crippen LogP contribution in [-0.4, -0.2) is 28.6 Å². The molecule has 2 aromatic heterocycles. The molecule has 0 radical (unpaired) electrons. The first-order chi connectivity index (χ1) is 19.2. The van der Waals surface area contributed by atoms with Crippen molar-refractivity contribution in [2.45, 2.75) is 62.2 Å². The van der Waals surface area contributed by atoms with E-state index < -0.39 is 27.5 Å². The standard InChI is InChI=1S/C28H26F3N5O4S/c1-26(2,37)25-34-24(35-40-25)19-5-4-6-20-22(19)36(15-16-7-12-21(28(29,30)31)33-23(16)32-20)41(38,39)18-10-8-17(9-11-18)27(3)13-14-27/h4-12,37H,13-15H2,1-3H3,(H,32,33). The topological polar surface area (TPSA) is 121 Å². The molecule has 41 heavy (non-hydrogen) atoms. The second-order valence-electron chi connectivity index (χ2n) is 11.1. The lowest BCUT2D eigenvalue weighted by atomic mass is 9.99. The van der Waals surface area contributed by atoms with Gasteiger partial charge < -0.3 is 14.9 Å². The summed E-state index contributed by atoms with van der Waals surface area (Å²) in [6.07, 6.45) is -2.65. The maximum absolute atomic E-state index is 14.3. The third-order valence-electron chi connectivity index (χ3n) is 7.45. The second-order valence-corrected chi connectivity index (χ2v) is 13.0. The highest BCUT2D eigenvalue weighted by Gasteiger charge is 2.40. The summed E-state index contributed by atoms with van der Waals surface area (Å²) in [4.78, 5) is 8.07. The molecule has 9 nitrogen and oxygen atoms in total. The normalized spacial score (nSPS) is 16.4. The fourth-order valence-corrected chi connectivity index (χ4v) is 6.24. The number of nitrogens with zero attached hydrogens (tertiary/aromatic N) is 4. The summed E-state index contributed by atoms with van der Waals surface area (Å²) < 4.78 is 75.4. The molecule has 2 N–H and O–H groups in total. The first-order valence-electron chi connectivity index (χ1n) is 12.8. The molecular formula is C28H26F3N5O4S. The minimum absolute atomic E-state index is 0.00660. The average Bonchev–Trinajstić information content (AvgIpc) is 3.50. The van der Waals surface area contributed by atoms with Gasteiger partial charge in [-0.3, -0.25) is 4.31 Å². The van der Waals surface area contributed by atoms with Crippen LogP contribution in [0, 0.1) is 0 Å². The summed E-state index contributed by atoms with van der Waals surface area (Å²) in [6, 6.07) is 13.4. The van der Waals surface area contributed by atoms with Crippen molar-refractivity contribution < 1.29 is 31.2 Å². The molecule has 2 aromatic carbocycles. The van der Waals surface area contributed by atoms with Crippen LogP contribution in [0.5, 0.6) is 0 Å². The number of fused-ring (bicyclic) bond motifs is 2. The third kappa shape index (κ3) is 4.82. The molecule has 3 heterocycles. The molecule has 0 unspecified atom stereocenters. The molecule has 0 atom stereocenters. The van der Waals surface area contributed by atoms with Gasteiger partial charge in [-0.15, -0.1) is 0 Å². The highest BCUT2D eigenvalue weighted by molar-refractivity contribution is 7.92. The number of nitrogens with one attached hydrogen (secondary N) is 1. The van der Waals surface area contributed by atoms with E-state index in [2.05, 4.69) is 27.4 Å². The van der Waals surface area contributed by atoms with E-state index >= 15 is 0 Å². The molecule has 4 aromatic rings. The van der Waals surface area contributed by atoms with E-state index in [0.717, 1.165) is 28.8 Å². The Morgan fingerprint density at radius 3 is 2.34 bits per heavy atom. The summed E-state index contributed by atoms with van der Waals surface area (Å²) in [7, 11) is -4.27. The van der Waals surface area contributed by atoms with E-state index in [0.29, 0.717) is 0 Å². The summed E-state index contributed by atoms with van der Waals surface area (Å²) in [5.41, 5.74) is -0.778. The Morgan fingerprint density at radius 1 is 1.02 bits per heavy atom. The van der Waals surface area contributed by atoms with Crippen LogP contribution in [0.15, 0.2) is 64.0 Å². The van der Waals surface area contributed by atoms with Crippen molar-refractivity contribution in [3.05, 3.63) is 77.3 Å². The summed E-state index contributed by atoms with van der Waals surface area (Å²) in [6.45, 7) is 4.71. The zero-order valence-corrected chi connectivity index (χ0v) is 23.1. The van der Waals surface area contributed by atoms with Gasteiger partial charge in [0.1, 0.15) is 17.1 Å². The molecule has 0 bridgehead atoms. The van der Waals surface area contributed by atoms with Crippen LogP contribution in [-0.2, 0) is 33.8 Å². The minimum atomic E-state index is -4.70. The number of pyridine rings is 1. The number of benzene rings is 2. The van der Waals surface area contributed by atoms with E-state index in [1.54, 1.807) is 36.4 Å². The lowest BCUT2D eigenvalue weighted by molar-refractivity contribution is -0.141. The summed E-state index contributed by atoms with van der Waals surface area (Å²) in [5, 5.41) is 17.2. The molecule has 6 rings (SSSR count). The van der Waals surface area contributed by atoms with E-state index in [4.69, 9.17) is 4.52 Å². The number of alkyl halides is 3. The molecule has 2 aliphatic rings. The molecule has 214 valence electrons. The van der Waals surface area contributed by atoms with E-state index in [1.165, 1.54) is 26.0 Å². The van der Waals surface area contributed by atoms with Crippen molar-refractivity contribution in [2.75, 3.05) is 9.62 Å². The largest absolute Gasteiger partial charge is 0.433 e. The van der Waals surface area contributed by atoms with Gasteiger partial charge in [-0.2, -0.15) is 18.2 Å². The zero-order chi connectivity index (χ0) is 29.4. The number of aromatic nitrogens is 3. The number of hydrogen-bond donors (Lipinski definition) is 2. The molecule has 1 aliphatic heterocycles. The van der Waals surface area contributed by atoms with E-state index in [1.807, 2.05) is 0 Å². The smallest absolute Gasteiger partial charge is 0.381 e. The lowest BCUT2D eigenvalue weighted by Crippen LogP contribution is -2.31. The quantitative estimate of drug-likeness (QED) is 0.298. The first kappa shape index (κ1) is 27.2. The van der Waals surface area contributed by atoms with Crippen LogP contribution in [0.2, 0.25) is 0 Å². The highest BCUT2D eigenvalue weighted by atomic mass is 32.2. The van der Waals surface area contributed by atoms with Crippen molar-refractivity contribution in [3.8, 4) is 11.4 Å². The van der Waals surface area contributed by atoms with Gasteiger partial charge in [0.25, 0.3) is 15.9 Å². The van der Waals surface area contributed by atoms with Crippen molar-refractivity contribution in [2.24, 2.45) is 0 Å². The lowest BCUT2D eigenvalue weighted by Gasteiger charge is -2.26. The van der Waals surface area contributed by atoms with Crippen LogP contribution in [0.3, 0.4) is 0 Å². The van der Waals surface area contributed by atoms with Crippen LogP contribution in [0.4, 0.5) is 30.4 Å². The first-order valence-corrected chi connectivity index (χ1v) is 14.3. The number of hydrogen-bond acceptors (Lipinski definition) is 8. The van der Waals surface area contributed by atoms with Crippen LogP contribution >= 0.6 is 0 Å². The Bertz CT molecular complexity index is 1760. The minimum Gasteiger partial charge on any atom is -0.381 e. The zero-order valence-electron chi connectivity index (χ0n) is 22.3. The van der Waals surface area contributed by atoms with E-state index in [9.17, 15) is 26.7 Å². The van der Waals surface area contributed by atoms with Crippen molar-refractivity contribution in [1.82, 2.24) is 15.1 Å². The van der Waals surface area contributed by atoms with Gasteiger partial charge in [0.2, 0.25) is 5.82 Å². The Labute approximate surface area is 234 Å². The fraction of sp³-hybridized carbons (Fsp3) is 0.321. The molecule has 1 saturated carbocycles. The van der Waals surface area contributed by atoms with Crippen molar-refractivity contribution in [1.29, 1.82) is 0 Å². The molecule has 1 aliphatic carbocycles. The number of para-hydroxylation sites is 1. The van der Waals surface area contributed by atoms with Gasteiger partial charge in [0, 0.05) is 11.1 Å². The highest BCUT2D eigenvalue weighted by Crippen LogP contribution is 2.48. The number of anilines is 3. The molecular weight excluding hydrogens is 559 g/mol. The van der Waals surface area contributed by atoms with Gasteiger partial charge in [0.15, 0.2) is 0 Å². The van der Waals surface area contributed by atoms with Crippen LogP contribution < -0.4 is 9.62 Å². The summed E-state index contributed by atoms with van der Waals surface area (Å²) >= 11 is 0. The predicted octanol–water partition coefficient (Wildman–Crippen LogP) is 5.88. The Kier molecular flexibility index (Phi) is 5.98. The predicted molar refractivity (Wildman–Crippen MR) is 144 cm³/mol. The van der Waals surface area contributed by atoms with Gasteiger partial charge >= 0.3 is 6.18 Å². The maximum Gasteiger partial charge on any atom is 0.433 e. The van der Waals surface area contributed by atoms with Crippen molar-refractivity contribution >= 4 is 27.2 Å². The Hall–Kier alpha value is -3.97. The molecule has 1 fully saturated rings. The monoisotopic (exact) mass is 585 g/mol. The van der Waals surface area contributed by atoms with Crippen LogP contribution in [0.25, 0.3) is 11.4 Å². The van der Waals surface area contributed by atoms with Crippen molar-refractivity contribution in [3.63, 3.8) is 0 Å². The van der Waals surface area contributed by atoms with E-state index in [-0.39, 0.29) is 56.9 Å². The van der Waals surface area contributed by atoms with Gasteiger partial charge in [0.05, 0.1) is 22.8 Å². The van der Waals surface area contributed by atoms with Gasteiger partial charge in [-0.05, 0) is 68.0 Å². The van der Waals surface area contributed by atoms with Gasteiger partial charge in [-0.1, -0.05) is 36.3 Å². The average molecular weight is 586 g/mol. The molecule has 0 spiro atoms. The molecule has 0 amide bonds. The molecule has 0 saturated heterocycles. The van der Waals surface area contributed by atoms with Gasteiger partial charge in [-0.25, -0.2) is 13.4 Å². The fourth-order valence-electron chi connectivity index (χ4n) is 4.76. The number of aliphatic hydroxyl groups is 1. The second kappa shape index (κ2) is 9.02.